The lowest BCUT2D eigenvalue weighted by Crippen LogP contribution is -2.35. The largest absolute Gasteiger partial charge is 0.491 e. The molecule has 0 aliphatic heterocycles. The van der Waals surface area contributed by atoms with Gasteiger partial charge in [-0.1, -0.05) is 32.9 Å². The maximum Gasteiger partial charge on any atom is 0.414 e. The van der Waals surface area contributed by atoms with Gasteiger partial charge in [-0.25, -0.2) is 9.59 Å². The Morgan fingerprint density at radius 2 is 1.59 bits per heavy atom. The number of carboxylic acid groups (broad SMARTS) is 2. The molecule has 0 aromatic heterocycles. The summed E-state index contributed by atoms with van der Waals surface area (Å²) in [5.41, 5.74) is 1.09. The highest BCUT2D eigenvalue weighted by molar-refractivity contribution is 6.27. The second-order valence-corrected chi connectivity index (χ2v) is 6.45. The monoisotopic (exact) mass is 415 g/mol. The van der Waals surface area contributed by atoms with Crippen molar-refractivity contribution < 1.29 is 39.1 Å². The Balaban J connectivity index is 0.00000113. The fourth-order valence-electron chi connectivity index (χ4n) is 1.86. The Kier molecular flexibility index (Phi) is 15.5. The summed E-state index contributed by atoms with van der Waals surface area (Å²) in [6.45, 7) is 9.59. The first-order valence-corrected chi connectivity index (χ1v) is 9.51. The summed E-state index contributed by atoms with van der Waals surface area (Å²) in [4.78, 5) is 18.2. The van der Waals surface area contributed by atoms with Gasteiger partial charge in [-0.05, 0) is 24.1 Å². The van der Waals surface area contributed by atoms with Gasteiger partial charge >= 0.3 is 11.9 Å². The van der Waals surface area contributed by atoms with Crippen LogP contribution in [0.4, 0.5) is 0 Å². The molecule has 9 nitrogen and oxygen atoms in total. The van der Waals surface area contributed by atoms with Crippen molar-refractivity contribution >= 4 is 11.9 Å². The van der Waals surface area contributed by atoms with Gasteiger partial charge in [0.1, 0.15) is 18.5 Å². The summed E-state index contributed by atoms with van der Waals surface area (Å²) >= 11 is 0. The van der Waals surface area contributed by atoms with Crippen molar-refractivity contribution in [1.29, 1.82) is 0 Å². The number of aliphatic carboxylic acids is 2. The zero-order chi connectivity index (χ0) is 22.1. The standard InChI is InChI=1S/C18H31NO4.C2H2O4/c1-4-9-21-10-11-22-13-16-5-7-18(8-6-16)23-14-17(20)12-19-15(2)3;3-1(4)2(5)6/h5-8,15,17,19-20H,4,9-14H2,1-3H3;(H,3,4)(H,5,6). The molecule has 0 amide bonds. The van der Waals surface area contributed by atoms with E-state index in [2.05, 4.69) is 12.2 Å². The fraction of sp³-hybridized carbons (Fsp3) is 0.600. The lowest BCUT2D eigenvalue weighted by molar-refractivity contribution is -0.159. The molecule has 1 atom stereocenters. The zero-order valence-electron chi connectivity index (χ0n) is 17.3. The van der Waals surface area contributed by atoms with Crippen molar-refractivity contribution in [2.75, 3.05) is 33.0 Å². The molecule has 0 bridgehead atoms. The molecule has 0 spiro atoms. The normalized spacial score (nSPS) is 11.5. The van der Waals surface area contributed by atoms with E-state index >= 15 is 0 Å². The van der Waals surface area contributed by atoms with E-state index in [-0.39, 0.29) is 6.61 Å². The molecule has 0 heterocycles. The van der Waals surface area contributed by atoms with E-state index in [0.717, 1.165) is 24.3 Å². The van der Waals surface area contributed by atoms with Crippen LogP contribution in [0.5, 0.6) is 5.75 Å². The highest BCUT2D eigenvalue weighted by Crippen LogP contribution is 2.13. The number of hydrogen-bond acceptors (Lipinski definition) is 7. The van der Waals surface area contributed by atoms with E-state index in [1.165, 1.54) is 0 Å². The number of aliphatic hydroxyl groups is 1. The molecule has 166 valence electrons. The first-order valence-electron chi connectivity index (χ1n) is 9.51. The van der Waals surface area contributed by atoms with Crippen LogP contribution in [-0.2, 0) is 25.7 Å². The van der Waals surface area contributed by atoms with Gasteiger partial charge in [-0.3, -0.25) is 0 Å². The van der Waals surface area contributed by atoms with Crippen LogP contribution in [0, 0.1) is 0 Å². The minimum Gasteiger partial charge on any atom is -0.491 e. The van der Waals surface area contributed by atoms with E-state index in [1.54, 1.807) is 0 Å². The van der Waals surface area contributed by atoms with Gasteiger partial charge in [-0.2, -0.15) is 0 Å². The van der Waals surface area contributed by atoms with Crippen molar-refractivity contribution in [2.45, 2.75) is 45.9 Å². The molecule has 0 aliphatic carbocycles. The fourth-order valence-corrected chi connectivity index (χ4v) is 1.86. The molecule has 1 aromatic carbocycles. The van der Waals surface area contributed by atoms with Crippen LogP contribution in [0.15, 0.2) is 24.3 Å². The molecular formula is C20H33NO8. The quantitative estimate of drug-likeness (QED) is 0.279. The first-order chi connectivity index (χ1) is 13.8. The summed E-state index contributed by atoms with van der Waals surface area (Å²) in [6.07, 6.45) is 0.521. The van der Waals surface area contributed by atoms with Crippen molar-refractivity contribution in [3.63, 3.8) is 0 Å². The van der Waals surface area contributed by atoms with Crippen LogP contribution in [0.25, 0.3) is 0 Å². The molecule has 0 aliphatic rings. The van der Waals surface area contributed by atoms with Crippen LogP contribution >= 0.6 is 0 Å². The van der Waals surface area contributed by atoms with E-state index < -0.39 is 18.0 Å². The average molecular weight is 415 g/mol. The number of aliphatic hydroxyl groups excluding tert-OH is 1. The summed E-state index contributed by atoms with van der Waals surface area (Å²) < 4.78 is 16.5. The Morgan fingerprint density at radius 3 is 2.10 bits per heavy atom. The molecule has 0 fully saturated rings. The van der Waals surface area contributed by atoms with Crippen LogP contribution < -0.4 is 10.1 Å². The lowest BCUT2D eigenvalue weighted by atomic mass is 10.2. The van der Waals surface area contributed by atoms with Gasteiger partial charge in [0.15, 0.2) is 0 Å². The third-order valence-corrected chi connectivity index (χ3v) is 3.30. The number of benzene rings is 1. The molecule has 1 rings (SSSR count). The predicted octanol–water partition coefficient (Wildman–Crippen LogP) is 1.52. The number of ether oxygens (including phenoxy) is 3. The molecule has 0 saturated carbocycles. The average Bonchev–Trinajstić information content (AvgIpc) is 2.68. The third kappa shape index (κ3) is 16.5. The van der Waals surface area contributed by atoms with Crippen molar-refractivity contribution in [1.82, 2.24) is 5.32 Å². The van der Waals surface area contributed by atoms with E-state index in [4.69, 9.17) is 34.0 Å². The van der Waals surface area contributed by atoms with Crippen molar-refractivity contribution in [3.8, 4) is 5.75 Å². The van der Waals surface area contributed by atoms with Gasteiger partial charge in [0.2, 0.25) is 0 Å². The first kappa shape index (κ1) is 26.8. The van der Waals surface area contributed by atoms with Gasteiger partial charge < -0.3 is 34.8 Å². The predicted molar refractivity (Wildman–Crippen MR) is 107 cm³/mol. The van der Waals surface area contributed by atoms with Crippen LogP contribution in [0.3, 0.4) is 0 Å². The second-order valence-electron chi connectivity index (χ2n) is 6.45. The molecule has 0 saturated heterocycles. The Labute approximate surface area is 171 Å². The minimum absolute atomic E-state index is 0.282. The van der Waals surface area contributed by atoms with Gasteiger partial charge in [-0.15, -0.1) is 0 Å². The Hall–Kier alpha value is -2.20. The van der Waals surface area contributed by atoms with Gasteiger partial charge in [0.25, 0.3) is 0 Å². The minimum atomic E-state index is -1.82. The molecular weight excluding hydrogens is 382 g/mol. The number of nitrogens with one attached hydrogen (secondary N) is 1. The molecule has 0 radical (unpaired) electrons. The number of rotatable bonds is 13. The number of hydrogen-bond donors (Lipinski definition) is 4. The highest BCUT2D eigenvalue weighted by atomic mass is 16.5. The molecule has 4 N–H and O–H groups in total. The zero-order valence-corrected chi connectivity index (χ0v) is 17.3. The summed E-state index contributed by atoms with van der Waals surface area (Å²) in [5, 5.41) is 27.8. The SMILES string of the molecule is CCCOCCOCc1ccc(OCC(O)CNC(C)C)cc1.O=C(O)C(=O)O. The molecule has 1 aromatic rings. The number of carbonyl (C=O) groups is 2. The smallest absolute Gasteiger partial charge is 0.414 e. The number of carboxylic acids is 2. The third-order valence-electron chi connectivity index (χ3n) is 3.30. The van der Waals surface area contributed by atoms with Crippen molar-refractivity contribution in [3.05, 3.63) is 29.8 Å². The Bertz CT molecular complexity index is 550. The van der Waals surface area contributed by atoms with E-state index in [9.17, 15) is 5.11 Å². The summed E-state index contributed by atoms with van der Waals surface area (Å²) in [6, 6.07) is 8.10. The van der Waals surface area contributed by atoms with Crippen LogP contribution in [0.2, 0.25) is 0 Å². The second kappa shape index (κ2) is 16.7. The van der Waals surface area contributed by atoms with Crippen molar-refractivity contribution in [2.24, 2.45) is 0 Å². The molecule has 9 heteroatoms. The van der Waals surface area contributed by atoms with E-state index in [0.29, 0.717) is 32.4 Å². The highest BCUT2D eigenvalue weighted by Gasteiger charge is 2.06. The van der Waals surface area contributed by atoms with Gasteiger partial charge in [0.05, 0.1) is 19.8 Å². The molecule has 1 unspecified atom stereocenters. The molecule has 29 heavy (non-hydrogen) atoms. The maximum absolute atomic E-state index is 9.80. The maximum atomic E-state index is 9.80. The summed E-state index contributed by atoms with van der Waals surface area (Å²) in [5.74, 6) is -2.89. The van der Waals surface area contributed by atoms with Gasteiger partial charge in [0, 0.05) is 19.2 Å². The summed E-state index contributed by atoms with van der Waals surface area (Å²) in [7, 11) is 0. The Morgan fingerprint density at radius 1 is 1.00 bits per heavy atom. The van der Waals surface area contributed by atoms with E-state index in [1.807, 2.05) is 38.1 Å². The topological polar surface area (TPSA) is 135 Å². The van der Waals surface area contributed by atoms with Crippen LogP contribution in [0.1, 0.15) is 32.8 Å². The lowest BCUT2D eigenvalue weighted by Gasteiger charge is -2.15. The van der Waals surface area contributed by atoms with Crippen LogP contribution in [-0.4, -0.2) is 72.4 Å².